The van der Waals surface area contributed by atoms with Crippen molar-refractivity contribution in [1.82, 2.24) is 4.98 Å². The Kier molecular flexibility index (Phi) is 4.24. The number of aryl methyl sites for hydroxylation is 2. The SMILES string of the molecule is Clc1cccc(Cl)c1/C=N\Nc1nc2c(s1)CCCC2. The molecule has 0 bridgehead atoms. The molecule has 6 heteroatoms. The molecule has 1 aliphatic rings. The number of hydrazone groups is 1. The smallest absolute Gasteiger partial charge is 0.203 e. The molecule has 0 radical (unpaired) electrons. The first kappa shape index (κ1) is 13.9. The number of nitrogens with one attached hydrogen (secondary N) is 1. The average Bonchev–Trinajstić information content (AvgIpc) is 2.84. The molecule has 104 valence electrons. The molecular weight excluding hydrogens is 313 g/mol. The van der Waals surface area contributed by atoms with Crippen molar-refractivity contribution in [3.63, 3.8) is 0 Å². The van der Waals surface area contributed by atoms with Gasteiger partial charge in [0.05, 0.1) is 22.0 Å². The van der Waals surface area contributed by atoms with Crippen molar-refractivity contribution in [3.8, 4) is 0 Å². The van der Waals surface area contributed by atoms with Gasteiger partial charge in [-0.15, -0.1) is 11.3 Å². The molecule has 0 unspecified atom stereocenters. The molecule has 0 saturated carbocycles. The van der Waals surface area contributed by atoms with E-state index in [1.165, 1.54) is 23.4 Å². The first-order valence-corrected chi connectivity index (χ1v) is 8.03. The van der Waals surface area contributed by atoms with Crippen LogP contribution in [0, 0.1) is 0 Å². The van der Waals surface area contributed by atoms with E-state index in [0.29, 0.717) is 15.6 Å². The lowest BCUT2D eigenvalue weighted by molar-refractivity contribution is 0.682. The van der Waals surface area contributed by atoms with E-state index in [1.54, 1.807) is 29.7 Å². The third kappa shape index (κ3) is 2.97. The van der Waals surface area contributed by atoms with Crippen LogP contribution in [0.2, 0.25) is 10.0 Å². The molecule has 0 spiro atoms. The molecule has 2 aromatic rings. The van der Waals surface area contributed by atoms with Crippen LogP contribution in [0.4, 0.5) is 5.13 Å². The van der Waals surface area contributed by atoms with Gasteiger partial charge in [0.2, 0.25) is 5.13 Å². The predicted molar refractivity (Wildman–Crippen MR) is 86.4 cm³/mol. The highest BCUT2D eigenvalue weighted by molar-refractivity contribution is 7.15. The predicted octanol–water partition coefficient (Wildman–Crippen LogP) is 4.77. The summed E-state index contributed by atoms with van der Waals surface area (Å²) in [5.74, 6) is 0. The Morgan fingerprint density at radius 3 is 2.70 bits per heavy atom. The zero-order chi connectivity index (χ0) is 13.9. The van der Waals surface area contributed by atoms with Crippen molar-refractivity contribution < 1.29 is 0 Å². The number of hydrogen-bond donors (Lipinski definition) is 1. The summed E-state index contributed by atoms with van der Waals surface area (Å²) in [6.45, 7) is 0. The van der Waals surface area contributed by atoms with E-state index in [0.717, 1.165) is 18.0 Å². The first-order valence-electron chi connectivity index (χ1n) is 6.46. The third-order valence-corrected chi connectivity index (χ3v) is 4.92. The summed E-state index contributed by atoms with van der Waals surface area (Å²) in [6, 6.07) is 5.39. The molecule has 0 saturated heterocycles. The lowest BCUT2D eigenvalue weighted by Crippen LogP contribution is -1.99. The van der Waals surface area contributed by atoms with Crippen LogP contribution in [0.25, 0.3) is 0 Å². The van der Waals surface area contributed by atoms with E-state index < -0.39 is 0 Å². The monoisotopic (exact) mass is 325 g/mol. The number of aromatic nitrogens is 1. The normalized spacial score (nSPS) is 14.5. The number of benzene rings is 1. The van der Waals surface area contributed by atoms with Crippen molar-refractivity contribution in [3.05, 3.63) is 44.4 Å². The van der Waals surface area contributed by atoms with E-state index in [9.17, 15) is 0 Å². The van der Waals surface area contributed by atoms with Gasteiger partial charge < -0.3 is 0 Å². The minimum atomic E-state index is 0.585. The Labute approximate surface area is 131 Å². The maximum Gasteiger partial charge on any atom is 0.203 e. The van der Waals surface area contributed by atoms with Gasteiger partial charge in [0, 0.05) is 10.4 Å². The molecule has 1 aliphatic carbocycles. The van der Waals surface area contributed by atoms with Gasteiger partial charge in [-0.1, -0.05) is 29.3 Å². The summed E-state index contributed by atoms with van der Waals surface area (Å²) in [5, 5.41) is 6.18. The Morgan fingerprint density at radius 2 is 1.95 bits per heavy atom. The topological polar surface area (TPSA) is 37.3 Å². The van der Waals surface area contributed by atoms with E-state index in [-0.39, 0.29) is 0 Å². The first-order chi connectivity index (χ1) is 9.74. The minimum absolute atomic E-state index is 0.585. The summed E-state index contributed by atoms with van der Waals surface area (Å²) >= 11 is 13.8. The number of nitrogens with zero attached hydrogens (tertiary/aromatic N) is 2. The van der Waals surface area contributed by atoms with Crippen molar-refractivity contribution in [1.29, 1.82) is 0 Å². The highest BCUT2D eigenvalue weighted by atomic mass is 35.5. The maximum atomic E-state index is 6.08. The second-order valence-electron chi connectivity index (χ2n) is 4.60. The molecular formula is C14H13Cl2N3S. The summed E-state index contributed by atoms with van der Waals surface area (Å²) in [6.07, 6.45) is 6.33. The van der Waals surface area contributed by atoms with Crippen molar-refractivity contribution >= 4 is 45.9 Å². The molecule has 3 nitrogen and oxygen atoms in total. The Hall–Kier alpha value is -1.10. The standard InChI is InChI=1S/C14H13Cl2N3S/c15-10-4-3-5-11(16)9(10)8-17-19-14-18-12-6-1-2-7-13(12)20-14/h3-5,8H,1-2,6-7H2,(H,18,19)/b17-8-. The number of halogens is 2. The van der Waals surface area contributed by atoms with Gasteiger partial charge in [0.15, 0.2) is 0 Å². The number of rotatable bonds is 3. The second kappa shape index (κ2) is 6.12. The number of hydrogen-bond acceptors (Lipinski definition) is 4. The van der Waals surface area contributed by atoms with Crippen LogP contribution in [-0.2, 0) is 12.8 Å². The molecule has 0 atom stereocenters. The maximum absolute atomic E-state index is 6.08. The quantitative estimate of drug-likeness (QED) is 0.651. The Bertz CT molecular complexity index is 608. The molecule has 0 aliphatic heterocycles. The van der Waals surface area contributed by atoms with E-state index >= 15 is 0 Å². The molecule has 1 N–H and O–H groups in total. The van der Waals surface area contributed by atoms with Crippen LogP contribution < -0.4 is 5.43 Å². The summed E-state index contributed by atoms with van der Waals surface area (Å²) in [4.78, 5) is 5.93. The van der Waals surface area contributed by atoms with Gasteiger partial charge >= 0.3 is 0 Å². The molecule has 20 heavy (non-hydrogen) atoms. The van der Waals surface area contributed by atoms with Crippen LogP contribution in [0.3, 0.4) is 0 Å². The van der Waals surface area contributed by atoms with Crippen molar-refractivity contribution in [2.24, 2.45) is 5.10 Å². The van der Waals surface area contributed by atoms with E-state index in [2.05, 4.69) is 15.5 Å². The Balaban J connectivity index is 1.73. The summed E-state index contributed by atoms with van der Waals surface area (Å²) in [7, 11) is 0. The third-order valence-electron chi connectivity index (χ3n) is 3.20. The highest BCUT2D eigenvalue weighted by Gasteiger charge is 2.14. The lowest BCUT2D eigenvalue weighted by atomic mass is 10.0. The highest BCUT2D eigenvalue weighted by Crippen LogP contribution is 2.29. The van der Waals surface area contributed by atoms with Gasteiger partial charge in [0.25, 0.3) is 0 Å². The van der Waals surface area contributed by atoms with Gasteiger partial charge in [-0.05, 0) is 37.8 Å². The van der Waals surface area contributed by atoms with Crippen LogP contribution in [-0.4, -0.2) is 11.2 Å². The number of fused-ring (bicyclic) bond motifs is 1. The minimum Gasteiger partial charge on any atom is -0.253 e. The van der Waals surface area contributed by atoms with E-state index in [1.807, 2.05) is 6.07 Å². The summed E-state index contributed by atoms with van der Waals surface area (Å²) in [5.41, 5.74) is 4.89. The van der Waals surface area contributed by atoms with Gasteiger partial charge in [0.1, 0.15) is 0 Å². The van der Waals surface area contributed by atoms with Gasteiger partial charge in [-0.2, -0.15) is 5.10 Å². The zero-order valence-electron chi connectivity index (χ0n) is 10.7. The van der Waals surface area contributed by atoms with Crippen molar-refractivity contribution in [2.45, 2.75) is 25.7 Å². The van der Waals surface area contributed by atoms with Gasteiger partial charge in [-0.25, -0.2) is 4.98 Å². The Morgan fingerprint density at radius 1 is 1.20 bits per heavy atom. The fourth-order valence-electron chi connectivity index (χ4n) is 2.19. The molecule has 1 aromatic carbocycles. The van der Waals surface area contributed by atoms with Crippen LogP contribution >= 0.6 is 34.5 Å². The fourth-order valence-corrected chi connectivity index (χ4v) is 3.68. The zero-order valence-corrected chi connectivity index (χ0v) is 13.0. The van der Waals surface area contributed by atoms with E-state index in [4.69, 9.17) is 23.2 Å². The van der Waals surface area contributed by atoms with Crippen molar-refractivity contribution in [2.75, 3.05) is 5.43 Å². The molecule has 1 aromatic heterocycles. The molecule has 1 heterocycles. The van der Waals surface area contributed by atoms with Crippen LogP contribution in [0.1, 0.15) is 29.0 Å². The largest absolute Gasteiger partial charge is 0.253 e. The lowest BCUT2D eigenvalue weighted by Gasteiger charge is -2.06. The van der Waals surface area contributed by atoms with Crippen LogP contribution in [0.15, 0.2) is 23.3 Å². The number of thiazole rings is 1. The number of anilines is 1. The molecule has 0 fully saturated rings. The van der Waals surface area contributed by atoms with Crippen LogP contribution in [0.5, 0.6) is 0 Å². The fraction of sp³-hybridized carbons (Fsp3) is 0.286. The molecule has 0 amide bonds. The average molecular weight is 326 g/mol. The summed E-state index contributed by atoms with van der Waals surface area (Å²) < 4.78 is 0. The van der Waals surface area contributed by atoms with Gasteiger partial charge in [-0.3, -0.25) is 5.43 Å². The molecule has 3 rings (SSSR count). The second-order valence-corrected chi connectivity index (χ2v) is 6.50.